The molecule has 0 saturated carbocycles. The predicted molar refractivity (Wildman–Crippen MR) is 73.5 cm³/mol. The molecule has 0 atom stereocenters. The molecule has 0 saturated heterocycles. The summed E-state index contributed by atoms with van der Waals surface area (Å²) >= 11 is 5.77. The lowest BCUT2D eigenvalue weighted by Gasteiger charge is -1.97. The number of aryl methyl sites for hydroxylation is 1. The fourth-order valence-corrected chi connectivity index (χ4v) is 2.95. The summed E-state index contributed by atoms with van der Waals surface area (Å²) in [6.07, 6.45) is 0. The van der Waals surface area contributed by atoms with Crippen LogP contribution in [0.25, 0.3) is 10.9 Å². The summed E-state index contributed by atoms with van der Waals surface area (Å²) in [4.78, 5) is 14.6. The van der Waals surface area contributed by atoms with E-state index in [9.17, 15) is 4.79 Å². The second-order valence-electron chi connectivity index (χ2n) is 3.46. The average molecular weight is 378 g/mol. The van der Waals surface area contributed by atoms with Gasteiger partial charge >= 0.3 is 0 Å². The van der Waals surface area contributed by atoms with Gasteiger partial charge in [-0.25, -0.2) is 0 Å². The number of hydrogen-bond acceptors (Lipinski definition) is 1. The van der Waals surface area contributed by atoms with Crippen LogP contribution in [0.15, 0.2) is 16.6 Å². The zero-order valence-corrected chi connectivity index (χ0v) is 12.1. The van der Waals surface area contributed by atoms with E-state index in [4.69, 9.17) is 0 Å². The van der Waals surface area contributed by atoms with Crippen LogP contribution in [0.1, 0.15) is 23.0 Å². The van der Waals surface area contributed by atoms with Gasteiger partial charge in [-0.3, -0.25) is 4.79 Å². The van der Waals surface area contributed by atoms with Crippen LogP contribution >= 0.6 is 38.5 Å². The number of H-pyrrole nitrogens is 1. The number of aromatic nitrogens is 1. The summed E-state index contributed by atoms with van der Waals surface area (Å²) in [5.74, 6) is 0.0754. The highest BCUT2D eigenvalue weighted by molar-refractivity contribution is 14.1. The van der Waals surface area contributed by atoms with Crippen molar-refractivity contribution in [1.82, 2.24) is 4.98 Å². The number of Topliss-reactive ketones (excluding diaryl/α,β-unsaturated/α-hetero) is 1. The largest absolute Gasteiger partial charge is 0.351 e. The first-order chi connectivity index (χ1) is 7.02. The van der Waals surface area contributed by atoms with Crippen molar-refractivity contribution in [3.05, 3.63) is 31.4 Å². The summed E-state index contributed by atoms with van der Waals surface area (Å²) in [7, 11) is 0. The summed E-state index contributed by atoms with van der Waals surface area (Å²) in [6.45, 7) is 3.55. The summed E-state index contributed by atoms with van der Waals surface area (Å²) in [6, 6.07) is 4.03. The van der Waals surface area contributed by atoms with Gasteiger partial charge < -0.3 is 4.98 Å². The molecule has 0 unspecified atom stereocenters. The number of hydrogen-bond donors (Lipinski definition) is 1. The molecule has 4 heteroatoms. The van der Waals surface area contributed by atoms with Crippen molar-refractivity contribution in [2.45, 2.75) is 13.8 Å². The molecular formula is C11H9BrINO. The number of benzene rings is 1. The van der Waals surface area contributed by atoms with Gasteiger partial charge in [0.15, 0.2) is 5.78 Å². The Hall–Kier alpha value is -0.360. The Bertz CT molecular complexity index is 559. The molecular weight excluding hydrogens is 369 g/mol. The summed E-state index contributed by atoms with van der Waals surface area (Å²) in [5, 5.41) is 1.10. The second kappa shape index (κ2) is 3.90. The Balaban J connectivity index is 2.93. The number of carbonyl (C=O) groups is 1. The summed E-state index contributed by atoms with van der Waals surface area (Å²) in [5.41, 5.74) is 2.75. The molecule has 0 spiro atoms. The number of ketones is 1. The minimum Gasteiger partial charge on any atom is -0.351 e. The molecule has 15 heavy (non-hydrogen) atoms. The monoisotopic (exact) mass is 377 g/mol. The van der Waals surface area contributed by atoms with Crippen molar-refractivity contribution in [3.8, 4) is 0 Å². The zero-order valence-electron chi connectivity index (χ0n) is 8.32. The van der Waals surface area contributed by atoms with Crippen LogP contribution in [-0.4, -0.2) is 10.8 Å². The standard InChI is InChI=1S/C11H9BrINO/c1-5-9-7(12)3-4-8(13)11(9)14-10(5)6(2)15/h3-4,14H,1-2H3. The van der Waals surface area contributed by atoms with Crippen molar-refractivity contribution in [2.75, 3.05) is 0 Å². The average Bonchev–Trinajstić information content (AvgIpc) is 2.51. The third-order valence-corrected chi connectivity index (χ3v) is 4.02. The maximum Gasteiger partial charge on any atom is 0.176 e. The van der Waals surface area contributed by atoms with Crippen LogP contribution in [0, 0.1) is 10.5 Å². The van der Waals surface area contributed by atoms with E-state index in [1.54, 1.807) is 6.92 Å². The topological polar surface area (TPSA) is 32.9 Å². The van der Waals surface area contributed by atoms with Gasteiger partial charge in [-0.05, 0) is 47.2 Å². The Morgan fingerprint density at radius 3 is 2.67 bits per heavy atom. The Morgan fingerprint density at radius 2 is 2.13 bits per heavy atom. The number of fused-ring (bicyclic) bond motifs is 1. The Labute approximate surface area is 110 Å². The SMILES string of the molecule is CC(=O)c1[nH]c2c(I)ccc(Br)c2c1C. The van der Waals surface area contributed by atoms with E-state index in [2.05, 4.69) is 43.5 Å². The molecule has 0 aliphatic carbocycles. The van der Waals surface area contributed by atoms with Gasteiger partial charge in [-0.1, -0.05) is 15.9 Å². The molecule has 2 aromatic rings. The first-order valence-corrected chi connectivity index (χ1v) is 6.36. The van der Waals surface area contributed by atoms with E-state index in [-0.39, 0.29) is 5.78 Å². The second-order valence-corrected chi connectivity index (χ2v) is 5.48. The van der Waals surface area contributed by atoms with Crippen molar-refractivity contribution >= 4 is 55.2 Å². The van der Waals surface area contributed by atoms with Gasteiger partial charge in [0.25, 0.3) is 0 Å². The molecule has 2 nitrogen and oxygen atoms in total. The molecule has 2 rings (SSSR count). The molecule has 1 aromatic heterocycles. The predicted octanol–water partition coefficient (Wildman–Crippen LogP) is 4.05. The fourth-order valence-electron chi connectivity index (χ4n) is 1.74. The van der Waals surface area contributed by atoms with Gasteiger partial charge in [0.2, 0.25) is 0 Å². The van der Waals surface area contributed by atoms with Crippen LogP contribution in [0.4, 0.5) is 0 Å². The van der Waals surface area contributed by atoms with Gasteiger partial charge in [0.1, 0.15) is 0 Å². The molecule has 1 N–H and O–H groups in total. The van der Waals surface area contributed by atoms with Gasteiger partial charge in [-0.2, -0.15) is 0 Å². The molecule has 0 fully saturated rings. The van der Waals surface area contributed by atoms with E-state index in [0.29, 0.717) is 5.69 Å². The normalized spacial score (nSPS) is 10.9. The van der Waals surface area contributed by atoms with Crippen LogP contribution in [0.5, 0.6) is 0 Å². The van der Waals surface area contributed by atoms with E-state index in [1.165, 1.54) is 0 Å². The number of rotatable bonds is 1. The Morgan fingerprint density at radius 1 is 1.47 bits per heavy atom. The van der Waals surface area contributed by atoms with Crippen LogP contribution in [0.2, 0.25) is 0 Å². The smallest absolute Gasteiger partial charge is 0.176 e. The van der Waals surface area contributed by atoms with Crippen molar-refractivity contribution in [1.29, 1.82) is 0 Å². The highest BCUT2D eigenvalue weighted by atomic mass is 127. The van der Waals surface area contributed by atoms with Gasteiger partial charge in [0, 0.05) is 20.4 Å². The third kappa shape index (κ3) is 1.73. The lowest BCUT2D eigenvalue weighted by atomic mass is 10.1. The summed E-state index contributed by atoms with van der Waals surface area (Å²) < 4.78 is 2.15. The van der Waals surface area contributed by atoms with Gasteiger partial charge in [0.05, 0.1) is 11.2 Å². The van der Waals surface area contributed by atoms with Crippen molar-refractivity contribution < 1.29 is 4.79 Å². The first-order valence-electron chi connectivity index (χ1n) is 4.49. The minimum absolute atomic E-state index is 0.0754. The highest BCUT2D eigenvalue weighted by Gasteiger charge is 2.14. The molecule has 0 aliphatic rings. The third-order valence-electron chi connectivity index (χ3n) is 2.46. The van der Waals surface area contributed by atoms with E-state index in [0.717, 1.165) is 24.5 Å². The van der Waals surface area contributed by atoms with Crippen LogP contribution in [-0.2, 0) is 0 Å². The molecule has 0 bridgehead atoms. The fraction of sp³-hybridized carbons (Fsp3) is 0.182. The number of carbonyl (C=O) groups excluding carboxylic acids is 1. The molecule has 1 aromatic carbocycles. The molecule has 0 radical (unpaired) electrons. The molecule has 1 heterocycles. The number of aromatic amines is 1. The number of nitrogens with one attached hydrogen (secondary N) is 1. The number of halogens is 2. The quantitative estimate of drug-likeness (QED) is 0.590. The zero-order chi connectivity index (χ0) is 11.2. The molecule has 0 amide bonds. The maximum atomic E-state index is 11.4. The minimum atomic E-state index is 0.0754. The van der Waals surface area contributed by atoms with Gasteiger partial charge in [-0.15, -0.1) is 0 Å². The van der Waals surface area contributed by atoms with E-state index >= 15 is 0 Å². The highest BCUT2D eigenvalue weighted by Crippen LogP contribution is 2.32. The van der Waals surface area contributed by atoms with Crippen molar-refractivity contribution in [2.24, 2.45) is 0 Å². The van der Waals surface area contributed by atoms with Crippen molar-refractivity contribution in [3.63, 3.8) is 0 Å². The van der Waals surface area contributed by atoms with Crippen LogP contribution in [0.3, 0.4) is 0 Å². The lowest BCUT2D eigenvalue weighted by molar-refractivity contribution is 0.101. The molecule has 78 valence electrons. The first kappa shape index (κ1) is 11.1. The van der Waals surface area contributed by atoms with E-state index < -0.39 is 0 Å². The van der Waals surface area contributed by atoms with E-state index in [1.807, 2.05) is 19.1 Å². The van der Waals surface area contributed by atoms with Crippen LogP contribution < -0.4 is 0 Å². The Kier molecular flexibility index (Phi) is 2.89. The lowest BCUT2D eigenvalue weighted by Crippen LogP contribution is -1.93. The molecule has 0 aliphatic heterocycles. The maximum absolute atomic E-state index is 11.4.